The largest absolute Gasteiger partial charge is 0.392 e. The molecule has 0 aliphatic rings. The maximum Gasteiger partial charge on any atom is 0.269 e. The van der Waals surface area contributed by atoms with E-state index in [1.54, 1.807) is 14.0 Å². The van der Waals surface area contributed by atoms with Crippen molar-refractivity contribution in [3.63, 3.8) is 0 Å². The first-order valence-electron chi connectivity index (χ1n) is 5.10. The molecule has 1 atom stereocenters. The summed E-state index contributed by atoms with van der Waals surface area (Å²) in [5, 5.41) is 19.6. The first-order chi connectivity index (χ1) is 7.91. The first-order valence-corrected chi connectivity index (χ1v) is 5.10. The van der Waals surface area contributed by atoms with E-state index in [1.165, 1.54) is 29.2 Å². The van der Waals surface area contributed by atoms with E-state index < -0.39 is 11.0 Å². The van der Waals surface area contributed by atoms with Crippen molar-refractivity contribution in [1.29, 1.82) is 0 Å². The van der Waals surface area contributed by atoms with Gasteiger partial charge in [0.1, 0.15) is 0 Å². The van der Waals surface area contributed by atoms with Gasteiger partial charge in [-0.25, -0.2) is 0 Å². The molecule has 1 rings (SSSR count). The Balaban J connectivity index is 2.79. The number of rotatable bonds is 4. The van der Waals surface area contributed by atoms with E-state index in [-0.39, 0.29) is 18.1 Å². The summed E-state index contributed by atoms with van der Waals surface area (Å²) in [6.45, 7) is 1.80. The topological polar surface area (TPSA) is 83.7 Å². The third-order valence-corrected chi connectivity index (χ3v) is 2.21. The molecule has 0 spiro atoms. The number of amides is 1. The molecule has 1 aromatic rings. The molecule has 0 fully saturated rings. The van der Waals surface area contributed by atoms with Crippen molar-refractivity contribution in [3.8, 4) is 0 Å². The highest BCUT2D eigenvalue weighted by atomic mass is 16.6. The number of aliphatic hydroxyl groups is 1. The molecule has 0 radical (unpaired) electrons. The van der Waals surface area contributed by atoms with E-state index >= 15 is 0 Å². The molecule has 0 heterocycles. The van der Waals surface area contributed by atoms with Crippen LogP contribution in [0.4, 0.5) is 5.69 Å². The Hall–Kier alpha value is -1.95. The molecule has 0 bridgehead atoms. The fourth-order valence-corrected chi connectivity index (χ4v) is 1.43. The van der Waals surface area contributed by atoms with Gasteiger partial charge in [-0.2, -0.15) is 0 Å². The Kier molecular flexibility index (Phi) is 4.17. The van der Waals surface area contributed by atoms with E-state index in [2.05, 4.69) is 0 Å². The number of likely N-dealkylation sites (N-methyl/N-ethyl adjacent to an activating group) is 1. The standard InChI is InChI=1S/C11H14N2O4/c1-8(14)7-12(2)11(15)9-3-5-10(6-4-9)13(16)17/h3-6,8,14H,7H2,1-2H3. The van der Waals surface area contributed by atoms with Crippen LogP contribution in [-0.2, 0) is 0 Å². The summed E-state index contributed by atoms with van der Waals surface area (Å²) in [7, 11) is 1.57. The number of nitro benzene ring substituents is 1. The number of benzene rings is 1. The normalized spacial score (nSPS) is 11.9. The summed E-state index contributed by atoms with van der Waals surface area (Å²) in [4.78, 5) is 23.1. The molecule has 1 N–H and O–H groups in total. The summed E-state index contributed by atoms with van der Waals surface area (Å²) in [5.41, 5.74) is 0.304. The number of carbonyl (C=O) groups excluding carboxylic acids is 1. The lowest BCUT2D eigenvalue weighted by atomic mass is 10.2. The second kappa shape index (κ2) is 5.40. The van der Waals surface area contributed by atoms with Crippen LogP contribution in [-0.4, -0.2) is 40.5 Å². The van der Waals surface area contributed by atoms with E-state index in [1.807, 2.05) is 0 Å². The third-order valence-electron chi connectivity index (χ3n) is 2.21. The molecule has 1 aromatic carbocycles. The predicted octanol–water partition coefficient (Wildman–Crippen LogP) is 1.05. The van der Waals surface area contributed by atoms with Gasteiger partial charge in [-0.15, -0.1) is 0 Å². The molecule has 0 aliphatic carbocycles. The van der Waals surface area contributed by atoms with Gasteiger partial charge in [-0.05, 0) is 19.1 Å². The van der Waals surface area contributed by atoms with Crippen LogP contribution in [0.3, 0.4) is 0 Å². The highest BCUT2D eigenvalue weighted by Gasteiger charge is 2.14. The van der Waals surface area contributed by atoms with Crippen LogP contribution in [0.25, 0.3) is 0 Å². The van der Waals surface area contributed by atoms with Crippen LogP contribution in [0.5, 0.6) is 0 Å². The first kappa shape index (κ1) is 13.1. The third kappa shape index (κ3) is 3.53. The Bertz CT molecular complexity index is 414. The number of non-ortho nitro benzene ring substituents is 1. The lowest BCUT2D eigenvalue weighted by Gasteiger charge is -2.18. The van der Waals surface area contributed by atoms with Crippen LogP contribution < -0.4 is 0 Å². The highest BCUT2D eigenvalue weighted by Crippen LogP contribution is 2.13. The Morgan fingerprint density at radius 1 is 1.47 bits per heavy atom. The molecule has 6 heteroatoms. The van der Waals surface area contributed by atoms with Crippen molar-refractivity contribution in [2.45, 2.75) is 13.0 Å². The lowest BCUT2D eigenvalue weighted by molar-refractivity contribution is -0.384. The molecule has 17 heavy (non-hydrogen) atoms. The van der Waals surface area contributed by atoms with Crippen molar-refractivity contribution in [1.82, 2.24) is 4.90 Å². The fraction of sp³-hybridized carbons (Fsp3) is 0.364. The SMILES string of the molecule is CC(O)CN(C)C(=O)c1ccc([N+](=O)[O-])cc1. The zero-order valence-corrected chi connectivity index (χ0v) is 9.66. The maximum absolute atomic E-state index is 11.8. The molecule has 0 saturated heterocycles. The molecule has 92 valence electrons. The van der Waals surface area contributed by atoms with Gasteiger partial charge in [0.15, 0.2) is 0 Å². The van der Waals surface area contributed by atoms with Gasteiger partial charge >= 0.3 is 0 Å². The quantitative estimate of drug-likeness (QED) is 0.627. The molecular formula is C11H14N2O4. The Morgan fingerprint density at radius 3 is 2.41 bits per heavy atom. The number of nitrogens with zero attached hydrogens (tertiary/aromatic N) is 2. The molecular weight excluding hydrogens is 224 g/mol. The summed E-state index contributed by atoms with van der Waals surface area (Å²) < 4.78 is 0. The number of aliphatic hydroxyl groups excluding tert-OH is 1. The van der Waals surface area contributed by atoms with Crippen molar-refractivity contribution >= 4 is 11.6 Å². The highest BCUT2D eigenvalue weighted by molar-refractivity contribution is 5.94. The summed E-state index contributed by atoms with van der Waals surface area (Å²) >= 11 is 0. The average Bonchev–Trinajstić information content (AvgIpc) is 2.27. The van der Waals surface area contributed by atoms with Crippen LogP contribution in [0.15, 0.2) is 24.3 Å². The number of hydrogen-bond donors (Lipinski definition) is 1. The molecule has 1 unspecified atom stereocenters. The number of hydrogen-bond acceptors (Lipinski definition) is 4. The minimum absolute atomic E-state index is 0.0558. The minimum Gasteiger partial charge on any atom is -0.392 e. The van der Waals surface area contributed by atoms with Crippen LogP contribution >= 0.6 is 0 Å². The summed E-state index contributed by atoms with van der Waals surface area (Å²) in [5.74, 6) is -0.277. The van der Waals surface area contributed by atoms with Crippen molar-refractivity contribution < 1.29 is 14.8 Å². The zero-order valence-electron chi connectivity index (χ0n) is 9.66. The second-order valence-corrected chi connectivity index (χ2v) is 3.84. The average molecular weight is 238 g/mol. The fourth-order valence-electron chi connectivity index (χ4n) is 1.43. The minimum atomic E-state index is -0.609. The van der Waals surface area contributed by atoms with Crippen LogP contribution in [0, 0.1) is 10.1 Å². The van der Waals surface area contributed by atoms with E-state index in [4.69, 9.17) is 5.11 Å². The Morgan fingerprint density at radius 2 is 2.00 bits per heavy atom. The zero-order chi connectivity index (χ0) is 13.0. The molecule has 1 amide bonds. The molecule has 0 aliphatic heterocycles. The van der Waals surface area contributed by atoms with Gasteiger partial charge in [0.25, 0.3) is 11.6 Å². The van der Waals surface area contributed by atoms with Crippen LogP contribution in [0.1, 0.15) is 17.3 Å². The number of carbonyl (C=O) groups is 1. The van der Waals surface area contributed by atoms with Crippen molar-refractivity contribution in [3.05, 3.63) is 39.9 Å². The van der Waals surface area contributed by atoms with E-state index in [0.29, 0.717) is 5.56 Å². The number of nitro groups is 1. The summed E-state index contributed by atoms with van der Waals surface area (Å²) in [6, 6.07) is 5.37. The molecule has 0 aromatic heterocycles. The van der Waals surface area contributed by atoms with Gasteiger partial charge in [0, 0.05) is 31.3 Å². The Labute approximate surface area is 98.6 Å². The van der Waals surface area contributed by atoms with E-state index in [9.17, 15) is 14.9 Å². The lowest BCUT2D eigenvalue weighted by Crippen LogP contribution is -2.32. The van der Waals surface area contributed by atoms with E-state index in [0.717, 1.165) is 0 Å². The smallest absolute Gasteiger partial charge is 0.269 e. The monoisotopic (exact) mass is 238 g/mol. The van der Waals surface area contributed by atoms with Gasteiger partial charge in [0.2, 0.25) is 0 Å². The van der Waals surface area contributed by atoms with Gasteiger partial charge < -0.3 is 10.0 Å². The predicted molar refractivity (Wildman–Crippen MR) is 61.7 cm³/mol. The summed E-state index contributed by atoms with van der Waals surface area (Å²) in [6.07, 6.45) is -0.609. The van der Waals surface area contributed by atoms with Crippen molar-refractivity contribution in [2.24, 2.45) is 0 Å². The van der Waals surface area contributed by atoms with Gasteiger partial charge in [-0.1, -0.05) is 0 Å². The molecule has 0 saturated carbocycles. The van der Waals surface area contributed by atoms with Gasteiger partial charge in [0.05, 0.1) is 11.0 Å². The van der Waals surface area contributed by atoms with Gasteiger partial charge in [-0.3, -0.25) is 14.9 Å². The second-order valence-electron chi connectivity index (χ2n) is 3.84. The van der Waals surface area contributed by atoms with Crippen molar-refractivity contribution in [2.75, 3.05) is 13.6 Å². The molecule has 6 nitrogen and oxygen atoms in total. The maximum atomic E-state index is 11.8. The van der Waals surface area contributed by atoms with Crippen LogP contribution in [0.2, 0.25) is 0 Å².